The van der Waals surface area contributed by atoms with Gasteiger partial charge in [-0.15, -0.1) is 0 Å². The highest BCUT2D eigenvalue weighted by Gasteiger charge is 2.08. The number of hydrogen-bond acceptors (Lipinski definition) is 4. The summed E-state index contributed by atoms with van der Waals surface area (Å²) in [6.07, 6.45) is 4.90. The van der Waals surface area contributed by atoms with Crippen molar-refractivity contribution in [3.63, 3.8) is 0 Å². The molecule has 0 aliphatic carbocycles. The highest BCUT2D eigenvalue weighted by atomic mass is 32.2. The van der Waals surface area contributed by atoms with Crippen LogP contribution in [0.2, 0.25) is 0 Å². The van der Waals surface area contributed by atoms with Crippen LogP contribution in [0.5, 0.6) is 0 Å². The molecule has 0 aliphatic rings. The van der Waals surface area contributed by atoms with Crippen LogP contribution in [0.25, 0.3) is 0 Å². The van der Waals surface area contributed by atoms with Crippen molar-refractivity contribution in [2.75, 3.05) is 18.6 Å². The van der Waals surface area contributed by atoms with Crippen molar-refractivity contribution in [3.05, 3.63) is 18.0 Å². The molecule has 0 bridgehead atoms. The van der Waals surface area contributed by atoms with E-state index in [4.69, 9.17) is 0 Å². The maximum Gasteiger partial charge on any atom is 0.149 e. The molecule has 1 rings (SSSR count). The standard InChI is InChI=1S/C10H19N3O2S/c1-4-11-9(2)10-7-12-13(8-10)5-6-16(3,14)15/h7-9,11H,4-6H2,1-3H3. The molecule has 0 saturated heterocycles. The molecular formula is C10H19N3O2S. The van der Waals surface area contributed by atoms with Crippen LogP contribution in [0.15, 0.2) is 12.4 Å². The quantitative estimate of drug-likeness (QED) is 0.797. The van der Waals surface area contributed by atoms with Crippen LogP contribution in [-0.2, 0) is 16.4 Å². The smallest absolute Gasteiger partial charge is 0.149 e. The van der Waals surface area contributed by atoms with Crippen LogP contribution < -0.4 is 5.32 Å². The van der Waals surface area contributed by atoms with Gasteiger partial charge in [-0.25, -0.2) is 8.42 Å². The van der Waals surface area contributed by atoms with Crippen molar-refractivity contribution in [1.82, 2.24) is 15.1 Å². The van der Waals surface area contributed by atoms with Gasteiger partial charge in [0, 0.05) is 24.1 Å². The summed E-state index contributed by atoms with van der Waals surface area (Å²) in [5, 5.41) is 7.41. The summed E-state index contributed by atoms with van der Waals surface area (Å²) in [6, 6.07) is 0.247. The predicted octanol–water partition coefficient (Wildman–Crippen LogP) is 0.598. The third-order valence-electron chi connectivity index (χ3n) is 2.35. The van der Waals surface area contributed by atoms with Crippen LogP contribution >= 0.6 is 0 Å². The Bertz CT molecular complexity index is 425. The van der Waals surface area contributed by atoms with E-state index in [-0.39, 0.29) is 11.8 Å². The summed E-state index contributed by atoms with van der Waals surface area (Å²) in [5.41, 5.74) is 1.08. The maximum absolute atomic E-state index is 11.0. The fourth-order valence-electron chi connectivity index (χ4n) is 1.41. The molecule has 0 aliphatic heterocycles. The monoisotopic (exact) mass is 245 g/mol. The molecule has 1 heterocycles. The van der Waals surface area contributed by atoms with Gasteiger partial charge in [0.1, 0.15) is 9.84 Å². The van der Waals surface area contributed by atoms with Gasteiger partial charge in [0.15, 0.2) is 0 Å². The summed E-state index contributed by atoms with van der Waals surface area (Å²) in [4.78, 5) is 0. The average molecular weight is 245 g/mol. The van der Waals surface area contributed by atoms with Crippen LogP contribution in [0.4, 0.5) is 0 Å². The lowest BCUT2D eigenvalue weighted by Crippen LogP contribution is -2.17. The van der Waals surface area contributed by atoms with Gasteiger partial charge in [0.2, 0.25) is 0 Å². The Hall–Kier alpha value is -0.880. The molecule has 0 amide bonds. The SMILES string of the molecule is CCNC(C)c1cnn(CCS(C)(=O)=O)c1. The van der Waals surface area contributed by atoms with Crippen molar-refractivity contribution in [1.29, 1.82) is 0 Å². The Labute approximate surface area is 96.8 Å². The van der Waals surface area contributed by atoms with Crippen molar-refractivity contribution in [2.24, 2.45) is 0 Å². The molecule has 1 aromatic heterocycles. The van der Waals surface area contributed by atoms with E-state index in [0.29, 0.717) is 6.54 Å². The zero-order valence-corrected chi connectivity index (χ0v) is 10.8. The number of aryl methyl sites for hydroxylation is 1. The lowest BCUT2D eigenvalue weighted by atomic mass is 10.2. The Morgan fingerprint density at radius 2 is 2.25 bits per heavy atom. The molecule has 1 aromatic rings. The van der Waals surface area contributed by atoms with Gasteiger partial charge in [0.25, 0.3) is 0 Å². The van der Waals surface area contributed by atoms with Gasteiger partial charge in [-0.1, -0.05) is 6.92 Å². The first-order valence-corrected chi connectivity index (χ1v) is 7.42. The molecule has 0 fully saturated rings. The molecule has 16 heavy (non-hydrogen) atoms. The maximum atomic E-state index is 11.0. The highest BCUT2D eigenvalue weighted by Crippen LogP contribution is 2.10. The molecule has 1 N–H and O–H groups in total. The van der Waals surface area contributed by atoms with E-state index in [0.717, 1.165) is 12.1 Å². The summed E-state index contributed by atoms with van der Waals surface area (Å²) < 4.78 is 23.7. The minimum absolute atomic E-state index is 0.129. The van der Waals surface area contributed by atoms with Gasteiger partial charge in [0.05, 0.1) is 18.5 Å². The predicted molar refractivity (Wildman–Crippen MR) is 64.0 cm³/mol. The normalized spacial score (nSPS) is 13.9. The number of aromatic nitrogens is 2. The van der Waals surface area contributed by atoms with E-state index in [2.05, 4.69) is 17.3 Å². The zero-order valence-electron chi connectivity index (χ0n) is 9.97. The van der Waals surface area contributed by atoms with E-state index >= 15 is 0 Å². The molecule has 1 unspecified atom stereocenters. The van der Waals surface area contributed by atoms with Crippen molar-refractivity contribution >= 4 is 9.84 Å². The van der Waals surface area contributed by atoms with Gasteiger partial charge in [-0.3, -0.25) is 4.68 Å². The second kappa shape index (κ2) is 5.45. The van der Waals surface area contributed by atoms with Crippen LogP contribution in [0.1, 0.15) is 25.5 Å². The third-order valence-corrected chi connectivity index (χ3v) is 3.28. The fraction of sp³-hybridized carbons (Fsp3) is 0.700. The van der Waals surface area contributed by atoms with E-state index in [9.17, 15) is 8.42 Å². The minimum Gasteiger partial charge on any atom is -0.310 e. The molecule has 0 radical (unpaired) electrons. The summed E-state index contributed by atoms with van der Waals surface area (Å²) in [6.45, 7) is 5.42. The second-order valence-electron chi connectivity index (χ2n) is 3.95. The number of nitrogens with zero attached hydrogens (tertiary/aromatic N) is 2. The number of sulfone groups is 1. The summed E-state index contributed by atoms with van der Waals surface area (Å²) >= 11 is 0. The first kappa shape index (κ1) is 13.2. The van der Waals surface area contributed by atoms with Crippen molar-refractivity contribution in [3.8, 4) is 0 Å². The number of rotatable bonds is 6. The van der Waals surface area contributed by atoms with Gasteiger partial charge >= 0.3 is 0 Å². The van der Waals surface area contributed by atoms with Gasteiger partial charge in [-0.05, 0) is 13.5 Å². The van der Waals surface area contributed by atoms with Crippen molar-refractivity contribution < 1.29 is 8.42 Å². The Kier molecular flexibility index (Phi) is 4.49. The van der Waals surface area contributed by atoms with Crippen LogP contribution in [0.3, 0.4) is 0 Å². The molecule has 0 aromatic carbocycles. The minimum atomic E-state index is -2.92. The van der Waals surface area contributed by atoms with Crippen LogP contribution in [0, 0.1) is 0 Å². The summed E-state index contributed by atoms with van der Waals surface area (Å²) in [7, 11) is -2.92. The molecular weight excluding hydrogens is 226 g/mol. The van der Waals surface area contributed by atoms with Crippen molar-refractivity contribution in [2.45, 2.75) is 26.4 Å². The fourth-order valence-corrected chi connectivity index (χ4v) is 1.93. The Morgan fingerprint density at radius 3 is 2.81 bits per heavy atom. The molecule has 0 saturated carbocycles. The Morgan fingerprint density at radius 1 is 1.56 bits per heavy atom. The first-order chi connectivity index (χ1) is 7.42. The molecule has 0 spiro atoms. The molecule has 6 heteroatoms. The van der Waals surface area contributed by atoms with Gasteiger partial charge in [-0.2, -0.15) is 5.10 Å². The third kappa shape index (κ3) is 4.32. The number of nitrogens with one attached hydrogen (secondary N) is 1. The average Bonchev–Trinajstić information content (AvgIpc) is 2.62. The lowest BCUT2D eigenvalue weighted by Gasteiger charge is -2.08. The first-order valence-electron chi connectivity index (χ1n) is 5.36. The molecule has 1 atom stereocenters. The van der Waals surface area contributed by atoms with E-state index in [1.165, 1.54) is 6.26 Å². The van der Waals surface area contributed by atoms with Crippen LogP contribution in [-0.4, -0.2) is 36.8 Å². The molecule has 5 nitrogen and oxygen atoms in total. The lowest BCUT2D eigenvalue weighted by molar-refractivity contribution is 0.583. The van der Waals surface area contributed by atoms with E-state index in [1.54, 1.807) is 10.9 Å². The Balaban J connectivity index is 2.58. The van der Waals surface area contributed by atoms with E-state index in [1.807, 2.05) is 13.1 Å². The summed E-state index contributed by atoms with van der Waals surface area (Å²) in [5.74, 6) is 0.129. The second-order valence-corrected chi connectivity index (χ2v) is 6.21. The zero-order chi connectivity index (χ0) is 12.2. The van der Waals surface area contributed by atoms with Gasteiger partial charge < -0.3 is 5.32 Å². The highest BCUT2D eigenvalue weighted by molar-refractivity contribution is 7.90. The van der Waals surface area contributed by atoms with E-state index < -0.39 is 9.84 Å². The molecule has 92 valence electrons. The largest absolute Gasteiger partial charge is 0.310 e. The number of hydrogen-bond donors (Lipinski definition) is 1. The topological polar surface area (TPSA) is 64.0 Å².